The average molecular weight is 217 g/mol. The lowest BCUT2D eigenvalue weighted by molar-refractivity contribution is 0.683. The van der Waals surface area contributed by atoms with E-state index in [0.29, 0.717) is 6.54 Å². The average Bonchev–Trinajstić information content (AvgIpc) is 2.81. The Labute approximate surface area is 94.5 Å². The lowest BCUT2D eigenvalue weighted by Gasteiger charge is -2.05. The Kier molecular flexibility index (Phi) is 3.48. The number of hydrogen-bond donors (Lipinski definition) is 1. The zero-order valence-electron chi connectivity index (χ0n) is 9.30. The quantitative estimate of drug-likeness (QED) is 0.825. The van der Waals surface area contributed by atoms with Crippen LogP contribution in [0.4, 0.5) is 5.82 Å². The third-order valence-electron chi connectivity index (χ3n) is 2.19. The van der Waals surface area contributed by atoms with Crippen LogP contribution in [0.15, 0.2) is 31.0 Å². The summed E-state index contributed by atoms with van der Waals surface area (Å²) in [6, 6.07) is 4.04. The zero-order chi connectivity index (χ0) is 11.2. The molecule has 16 heavy (non-hydrogen) atoms. The molecule has 0 unspecified atom stereocenters. The van der Waals surface area contributed by atoms with Gasteiger partial charge >= 0.3 is 0 Å². The van der Waals surface area contributed by atoms with Crippen LogP contribution < -0.4 is 5.32 Å². The molecule has 0 aromatic carbocycles. The first-order valence-electron chi connectivity index (χ1n) is 5.39. The molecule has 1 N–H and O–H groups in total. The minimum absolute atomic E-state index is 0.709. The Morgan fingerprint density at radius 3 is 2.94 bits per heavy atom. The second kappa shape index (κ2) is 5.25. The number of anilines is 1. The van der Waals surface area contributed by atoms with Gasteiger partial charge in [-0.3, -0.25) is 0 Å². The molecular formula is C11H15N5. The van der Waals surface area contributed by atoms with E-state index >= 15 is 0 Å². The summed E-state index contributed by atoms with van der Waals surface area (Å²) in [7, 11) is 0. The SMILES string of the molecule is CCCNc1ccc(Cn2cncn2)cn1. The molecule has 2 aromatic heterocycles. The summed E-state index contributed by atoms with van der Waals surface area (Å²) in [5.74, 6) is 0.921. The fourth-order valence-electron chi connectivity index (χ4n) is 1.38. The molecule has 0 saturated heterocycles. The molecule has 0 bridgehead atoms. The summed E-state index contributed by atoms with van der Waals surface area (Å²) < 4.78 is 1.77. The predicted molar refractivity (Wildman–Crippen MR) is 62.1 cm³/mol. The molecule has 0 saturated carbocycles. The van der Waals surface area contributed by atoms with E-state index in [1.165, 1.54) is 6.33 Å². The van der Waals surface area contributed by atoms with Crippen LogP contribution in [0.25, 0.3) is 0 Å². The fraction of sp³-hybridized carbons (Fsp3) is 0.364. The summed E-state index contributed by atoms with van der Waals surface area (Å²) in [5, 5.41) is 7.28. The van der Waals surface area contributed by atoms with E-state index in [-0.39, 0.29) is 0 Å². The Balaban J connectivity index is 1.96. The minimum atomic E-state index is 0.709. The highest BCUT2D eigenvalue weighted by molar-refractivity contribution is 5.35. The van der Waals surface area contributed by atoms with Crippen molar-refractivity contribution in [3.8, 4) is 0 Å². The molecule has 0 aliphatic carbocycles. The molecule has 2 heterocycles. The minimum Gasteiger partial charge on any atom is -0.370 e. The largest absolute Gasteiger partial charge is 0.370 e. The number of pyridine rings is 1. The number of rotatable bonds is 5. The highest BCUT2D eigenvalue weighted by Crippen LogP contribution is 2.06. The standard InChI is InChI=1S/C11H15N5/c1-2-5-13-11-4-3-10(6-14-11)7-16-9-12-8-15-16/h3-4,6,8-9H,2,5,7H2,1H3,(H,13,14). The molecule has 0 amide bonds. The Morgan fingerprint density at radius 2 is 2.31 bits per heavy atom. The van der Waals surface area contributed by atoms with Gasteiger partial charge in [0.15, 0.2) is 0 Å². The van der Waals surface area contributed by atoms with Gasteiger partial charge in [-0.25, -0.2) is 14.6 Å². The molecule has 2 rings (SSSR count). The first-order valence-corrected chi connectivity index (χ1v) is 5.39. The molecule has 0 aliphatic heterocycles. The van der Waals surface area contributed by atoms with Crippen LogP contribution >= 0.6 is 0 Å². The fourth-order valence-corrected chi connectivity index (χ4v) is 1.38. The highest BCUT2D eigenvalue weighted by atomic mass is 15.3. The van der Waals surface area contributed by atoms with Crippen molar-refractivity contribution < 1.29 is 0 Å². The molecule has 84 valence electrons. The maximum atomic E-state index is 4.32. The van der Waals surface area contributed by atoms with E-state index in [9.17, 15) is 0 Å². The van der Waals surface area contributed by atoms with Crippen LogP contribution in [-0.2, 0) is 6.54 Å². The normalized spacial score (nSPS) is 10.3. The van der Waals surface area contributed by atoms with Gasteiger partial charge in [-0.15, -0.1) is 0 Å². The van der Waals surface area contributed by atoms with Crippen molar-refractivity contribution in [1.29, 1.82) is 0 Å². The second-order valence-corrected chi connectivity index (χ2v) is 3.57. The van der Waals surface area contributed by atoms with Crippen molar-refractivity contribution in [2.24, 2.45) is 0 Å². The zero-order valence-corrected chi connectivity index (χ0v) is 9.30. The summed E-state index contributed by atoms with van der Waals surface area (Å²) in [6.45, 7) is 3.79. The number of aromatic nitrogens is 4. The van der Waals surface area contributed by atoms with E-state index in [4.69, 9.17) is 0 Å². The summed E-state index contributed by atoms with van der Waals surface area (Å²) >= 11 is 0. The van der Waals surface area contributed by atoms with Crippen LogP contribution in [0.5, 0.6) is 0 Å². The van der Waals surface area contributed by atoms with Gasteiger partial charge in [0.1, 0.15) is 18.5 Å². The van der Waals surface area contributed by atoms with Gasteiger partial charge in [-0.2, -0.15) is 5.10 Å². The van der Waals surface area contributed by atoms with Crippen LogP contribution in [-0.4, -0.2) is 26.3 Å². The highest BCUT2D eigenvalue weighted by Gasteiger charge is 1.97. The van der Waals surface area contributed by atoms with E-state index in [0.717, 1.165) is 24.3 Å². The van der Waals surface area contributed by atoms with Gasteiger partial charge in [-0.05, 0) is 18.1 Å². The smallest absolute Gasteiger partial charge is 0.137 e. The molecule has 2 aromatic rings. The monoisotopic (exact) mass is 217 g/mol. The van der Waals surface area contributed by atoms with Crippen molar-refractivity contribution in [3.05, 3.63) is 36.5 Å². The molecule has 0 aliphatic rings. The Morgan fingerprint density at radius 1 is 1.38 bits per heavy atom. The summed E-state index contributed by atoms with van der Waals surface area (Å²) in [6.07, 6.45) is 6.19. The number of nitrogens with one attached hydrogen (secondary N) is 1. The topological polar surface area (TPSA) is 55.6 Å². The van der Waals surface area contributed by atoms with Gasteiger partial charge in [0.25, 0.3) is 0 Å². The van der Waals surface area contributed by atoms with Crippen molar-refractivity contribution >= 4 is 5.82 Å². The van der Waals surface area contributed by atoms with E-state index in [1.807, 2.05) is 18.3 Å². The summed E-state index contributed by atoms with van der Waals surface area (Å²) in [4.78, 5) is 8.22. The Bertz CT molecular complexity index is 406. The van der Waals surface area contributed by atoms with Crippen molar-refractivity contribution in [3.63, 3.8) is 0 Å². The number of nitrogens with zero attached hydrogens (tertiary/aromatic N) is 4. The van der Waals surface area contributed by atoms with Crippen molar-refractivity contribution in [1.82, 2.24) is 19.7 Å². The van der Waals surface area contributed by atoms with Gasteiger partial charge in [0.2, 0.25) is 0 Å². The third-order valence-corrected chi connectivity index (χ3v) is 2.19. The lowest BCUT2D eigenvalue weighted by Crippen LogP contribution is -2.04. The third kappa shape index (κ3) is 2.79. The molecule has 0 atom stereocenters. The van der Waals surface area contributed by atoms with Crippen LogP contribution in [0.2, 0.25) is 0 Å². The molecular weight excluding hydrogens is 202 g/mol. The van der Waals surface area contributed by atoms with Gasteiger partial charge in [0.05, 0.1) is 6.54 Å². The molecule has 0 spiro atoms. The van der Waals surface area contributed by atoms with Gasteiger partial charge in [0, 0.05) is 12.7 Å². The number of hydrogen-bond acceptors (Lipinski definition) is 4. The predicted octanol–water partition coefficient (Wildman–Crippen LogP) is 1.54. The van der Waals surface area contributed by atoms with Crippen molar-refractivity contribution in [2.45, 2.75) is 19.9 Å². The van der Waals surface area contributed by atoms with E-state index in [2.05, 4.69) is 27.3 Å². The summed E-state index contributed by atoms with van der Waals surface area (Å²) in [5.41, 5.74) is 1.12. The Hall–Kier alpha value is -1.91. The van der Waals surface area contributed by atoms with Crippen LogP contribution in [0.1, 0.15) is 18.9 Å². The molecule has 0 fully saturated rings. The molecule has 0 radical (unpaired) electrons. The lowest BCUT2D eigenvalue weighted by atomic mass is 10.3. The van der Waals surface area contributed by atoms with E-state index < -0.39 is 0 Å². The van der Waals surface area contributed by atoms with Crippen LogP contribution in [0.3, 0.4) is 0 Å². The molecule has 5 nitrogen and oxygen atoms in total. The van der Waals surface area contributed by atoms with Gasteiger partial charge in [-0.1, -0.05) is 13.0 Å². The van der Waals surface area contributed by atoms with Crippen molar-refractivity contribution in [2.75, 3.05) is 11.9 Å². The maximum absolute atomic E-state index is 4.32. The van der Waals surface area contributed by atoms with Gasteiger partial charge < -0.3 is 5.32 Å². The van der Waals surface area contributed by atoms with Crippen LogP contribution in [0, 0.1) is 0 Å². The second-order valence-electron chi connectivity index (χ2n) is 3.57. The first kappa shape index (κ1) is 10.6. The van der Waals surface area contributed by atoms with E-state index in [1.54, 1.807) is 11.0 Å². The maximum Gasteiger partial charge on any atom is 0.137 e. The first-order chi connectivity index (χ1) is 7.88. The molecule has 5 heteroatoms.